The first kappa shape index (κ1) is 14.2. The number of pyridine rings is 2. The lowest BCUT2D eigenvalue weighted by Gasteiger charge is -2.47. The largest absolute Gasteiger partial charge is 0.381 e. The Morgan fingerprint density at radius 3 is 2.55 bits per heavy atom. The van der Waals surface area contributed by atoms with Crippen LogP contribution in [0, 0.1) is 11.8 Å². The molecule has 0 aromatic carbocycles. The second-order valence-corrected chi connectivity index (χ2v) is 7.09. The Morgan fingerprint density at radius 2 is 1.91 bits per heavy atom. The van der Waals surface area contributed by atoms with Crippen molar-refractivity contribution in [3.63, 3.8) is 0 Å². The normalized spacial score (nSPS) is 19.5. The Balaban J connectivity index is 1.68. The van der Waals surface area contributed by atoms with E-state index in [9.17, 15) is 0 Å². The van der Waals surface area contributed by atoms with E-state index in [0.29, 0.717) is 11.1 Å². The van der Waals surface area contributed by atoms with Gasteiger partial charge in [0.2, 0.25) is 0 Å². The van der Waals surface area contributed by atoms with Gasteiger partial charge in [0.05, 0.1) is 13.2 Å². The van der Waals surface area contributed by atoms with Crippen LogP contribution in [0.15, 0.2) is 18.5 Å². The zero-order valence-corrected chi connectivity index (χ0v) is 13.7. The summed E-state index contributed by atoms with van der Waals surface area (Å²) in [6, 6.07) is 1.97. The van der Waals surface area contributed by atoms with Gasteiger partial charge in [-0.3, -0.25) is 0 Å². The molecule has 2 aromatic rings. The van der Waals surface area contributed by atoms with Crippen molar-refractivity contribution in [1.82, 2.24) is 9.97 Å². The summed E-state index contributed by atoms with van der Waals surface area (Å²) < 4.78 is 5.30. The molecule has 5 heteroatoms. The maximum Gasteiger partial charge on any atom is 0.138 e. The molecule has 0 unspecified atom stereocenters. The average molecular weight is 318 g/mol. The number of hydrogen-bond donors (Lipinski definition) is 0. The number of fused-ring (bicyclic) bond motifs is 1. The Bertz CT molecular complexity index is 708. The summed E-state index contributed by atoms with van der Waals surface area (Å²) in [6.45, 7) is 8.35. The Morgan fingerprint density at radius 1 is 1.14 bits per heavy atom. The smallest absolute Gasteiger partial charge is 0.138 e. The SMILES string of the molecule is CC(C)c1cnc(N2CC(C3COC3)C2)c2cnc(Cl)cc12. The van der Waals surface area contributed by atoms with Gasteiger partial charge in [-0.15, -0.1) is 0 Å². The standard InChI is InChI=1S/C17H20ClN3O/c1-10(2)14-4-20-17(15-5-19-16(18)3-13(14)15)21-6-11(7-21)12-8-22-9-12/h3-5,10-12H,6-9H2,1-2H3. The second kappa shape index (κ2) is 5.36. The summed E-state index contributed by atoms with van der Waals surface area (Å²) in [5.74, 6) is 2.94. The van der Waals surface area contributed by atoms with Crippen LogP contribution >= 0.6 is 11.6 Å². The minimum atomic E-state index is 0.416. The highest BCUT2D eigenvalue weighted by Crippen LogP contribution is 2.37. The fourth-order valence-electron chi connectivity index (χ4n) is 3.34. The lowest BCUT2D eigenvalue weighted by molar-refractivity contribution is -0.0660. The molecular formula is C17H20ClN3O. The van der Waals surface area contributed by atoms with Crippen LogP contribution < -0.4 is 4.90 Å². The Hall–Kier alpha value is -1.39. The van der Waals surface area contributed by atoms with Crippen LogP contribution in [0.4, 0.5) is 5.82 Å². The molecule has 2 aliphatic rings. The Labute approximate surface area is 135 Å². The predicted octanol–water partition coefficient (Wildman–Crippen LogP) is 3.49. The van der Waals surface area contributed by atoms with E-state index < -0.39 is 0 Å². The van der Waals surface area contributed by atoms with Crippen LogP contribution in [0.1, 0.15) is 25.3 Å². The lowest BCUT2D eigenvalue weighted by atomic mass is 9.84. The van der Waals surface area contributed by atoms with Gasteiger partial charge in [-0.25, -0.2) is 9.97 Å². The van der Waals surface area contributed by atoms with Crippen LogP contribution in [0.2, 0.25) is 5.15 Å². The van der Waals surface area contributed by atoms with E-state index in [4.69, 9.17) is 21.3 Å². The van der Waals surface area contributed by atoms with E-state index in [0.717, 1.165) is 49.3 Å². The van der Waals surface area contributed by atoms with Crippen molar-refractivity contribution in [2.45, 2.75) is 19.8 Å². The molecule has 0 N–H and O–H groups in total. The first-order valence-corrected chi connectivity index (χ1v) is 8.28. The topological polar surface area (TPSA) is 38.2 Å². The molecule has 0 saturated carbocycles. The maximum absolute atomic E-state index is 6.11. The average Bonchev–Trinajstić information content (AvgIpc) is 2.38. The summed E-state index contributed by atoms with van der Waals surface area (Å²) in [4.78, 5) is 11.4. The predicted molar refractivity (Wildman–Crippen MR) is 88.6 cm³/mol. The van der Waals surface area contributed by atoms with Crippen molar-refractivity contribution in [1.29, 1.82) is 0 Å². The van der Waals surface area contributed by atoms with Gasteiger partial charge in [0.15, 0.2) is 0 Å². The van der Waals surface area contributed by atoms with Crippen molar-refractivity contribution in [2.24, 2.45) is 11.8 Å². The highest BCUT2D eigenvalue weighted by molar-refractivity contribution is 6.30. The van der Waals surface area contributed by atoms with Gasteiger partial charge in [0.25, 0.3) is 0 Å². The molecule has 0 bridgehead atoms. The summed E-state index contributed by atoms with van der Waals surface area (Å²) in [5, 5.41) is 2.83. The minimum absolute atomic E-state index is 0.416. The number of aromatic nitrogens is 2. The summed E-state index contributed by atoms with van der Waals surface area (Å²) in [7, 11) is 0. The van der Waals surface area contributed by atoms with Crippen LogP contribution in [0.3, 0.4) is 0 Å². The van der Waals surface area contributed by atoms with Gasteiger partial charge in [0, 0.05) is 42.7 Å². The monoisotopic (exact) mass is 317 g/mol. The van der Waals surface area contributed by atoms with Crippen molar-refractivity contribution < 1.29 is 4.74 Å². The highest BCUT2D eigenvalue weighted by Gasteiger charge is 2.38. The molecule has 0 atom stereocenters. The van der Waals surface area contributed by atoms with Crippen LogP contribution in [0.25, 0.3) is 10.8 Å². The second-order valence-electron chi connectivity index (χ2n) is 6.71. The summed E-state index contributed by atoms with van der Waals surface area (Å²) >= 11 is 6.11. The fraction of sp³-hybridized carbons (Fsp3) is 0.529. The molecule has 4 heterocycles. The maximum atomic E-state index is 6.11. The molecule has 4 nitrogen and oxygen atoms in total. The molecular weight excluding hydrogens is 298 g/mol. The van der Waals surface area contributed by atoms with E-state index >= 15 is 0 Å². The van der Waals surface area contributed by atoms with Gasteiger partial charge < -0.3 is 9.64 Å². The molecule has 22 heavy (non-hydrogen) atoms. The van der Waals surface area contributed by atoms with Crippen molar-refractivity contribution in [3.8, 4) is 0 Å². The minimum Gasteiger partial charge on any atom is -0.381 e. The van der Waals surface area contributed by atoms with E-state index in [1.165, 1.54) is 10.9 Å². The number of ether oxygens (including phenoxy) is 1. The van der Waals surface area contributed by atoms with Crippen LogP contribution in [0.5, 0.6) is 0 Å². The quantitative estimate of drug-likeness (QED) is 0.812. The molecule has 116 valence electrons. The number of anilines is 1. The summed E-state index contributed by atoms with van der Waals surface area (Å²) in [5.41, 5.74) is 1.23. The van der Waals surface area contributed by atoms with E-state index in [2.05, 4.69) is 23.7 Å². The first-order valence-electron chi connectivity index (χ1n) is 7.90. The van der Waals surface area contributed by atoms with Gasteiger partial charge >= 0.3 is 0 Å². The van der Waals surface area contributed by atoms with Crippen molar-refractivity contribution in [2.75, 3.05) is 31.2 Å². The third-order valence-electron chi connectivity index (χ3n) is 4.91. The number of rotatable bonds is 3. The molecule has 0 radical (unpaired) electrons. The van der Waals surface area contributed by atoms with E-state index in [1.807, 2.05) is 18.5 Å². The molecule has 2 aromatic heterocycles. The van der Waals surface area contributed by atoms with Gasteiger partial charge in [-0.1, -0.05) is 25.4 Å². The Kier molecular flexibility index (Phi) is 3.46. The van der Waals surface area contributed by atoms with Crippen LogP contribution in [-0.2, 0) is 4.74 Å². The van der Waals surface area contributed by atoms with Crippen LogP contribution in [-0.4, -0.2) is 36.3 Å². The van der Waals surface area contributed by atoms with Gasteiger partial charge in [-0.05, 0) is 22.9 Å². The first-order chi connectivity index (χ1) is 10.6. The third kappa shape index (κ3) is 2.25. The zero-order valence-electron chi connectivity index (χ0n) is 12.9. The summed E-state index contributed by atoms with van der Waals surface area (Å²) in [6.07, 6.45) is 3.87. The van der Waals surface area contributed by atoms with E-state index in [-0.39, 0.29) is 0 Å². The van der Waals surface area contributed by atoms with E-state index in [1.54, 1.807) is 0 Å². The molecule has 4 rings (SSSR count). The number of halogens is 1. The lowest BCUT2D eigenvalue weighted by Crippen LogP contribution is -2.54. The van der Waals surface area contributed by atoms with Crippen molar-refractivity contribution in [3.05, 3.63) is 29.2 Å². The number of nitrogens with zero attached hydrogens (tertiary/aromatic N) is 3. The number of hydrogen-bond acceptors (Lipinski definition) is 4. The zero-order chi connectivity index (χ0) is 15.3. The van der Waals surface area contributed by atoms with Gasteiger partial charge in [0.1, 0.15) is 11.0 Å². The molecule has 2 aliphatic heterocycles. The highest BCUT2D eigenvalue weighted by atomic mass is 35.5. The van der Waals surface area contributed by atoms with Crippen molar-refractivity contribution >= 4 is 28.2 Å². The molecule has 0 spiro atoms. The molecule has 2 fully saturated rings. The molecule has 0 amide bonds. The third-order valence-corrected chi connectivity index (χ3v) is 5.12. The molecule has 0 aliphatic carbocycles. The van der Waals surface area contributed by atoms with Gasteiger partial charge in [-0.2, -0.15) is 0 Å². The molecule has 2 saturated heterocycles. The fourth-order valence-corrected chi connectivity index (χ4v) is 3.50.